The van der Waals surface area contributed by atoms with Gasteiger partial charge in [0.15, 0.2) is 0 Å². The van der Waals surface area contributed by atoms with Gasteiger partial charge in [-0.25, -0.2) is 4.98 Å². The van der Waals surface area contributed by atoms with E-state index in [1.807, 2.05) is 109 Å². The lowest BCUT2D eigenvalue weighted by Gasteiger charge is -2.12. The Bertz CT molecular complexity index is 1310. The number of nitrogens with zero attached hydrogens (tertiary/aromatic N) is 2. The summed E-state index contributed by atoms with van der Waals surface area (Å²) in [5.41, 5.74) is 3.86. The molecule has 0 unspecified atom stereocenters. The summed E-state index contributed by atoms with van der Waals surface area (Å²) in [7, 11) is 0. The first-order chi connectivity index (χ1) is 15.8. The van der Waals surface area contributed by atoms with Crippen molar-refractivity contribution in [3.63, 3.8) is 0 Å². The van der Waals surface area contributed by atoms with Crippen LogP contribution in [-0.2, 0) is 6.61 Å². The van der Waals surface area contributed by atoms with Gasteiger partial charge in [0.1, 0.15) is 18.2 Å². The Balaban J connectivity index is 1.34. The van der Waals surface area contributed by atoms with Crippen LogP contribution in [0.2, 0.25) is 0 Å². The van der Waals surface area contributed by atoms with Gasteiger partial charge in [0.2, 0.25) is 5.95 Å². The average Bonchev–Trinajstić information content (AvgIpc) is 2.85. The minimum absolute atomic E-state index is 0.528. The van der Waals surface area contributed by atoms with Crippen LogP contribution in [0.25, 0.3) is 10.9 Å². The summed E-state index contributed by atoms with van der Waals surface area (Å²) in [5, 5.41) is 7.67. The van der Waals surface area contributed by atoms with Crippen LogP contribution in [0.1, 0.15) is 5.56 Å². The Morgan fingerprint density at radius 2 is 1.25 bits per heavy atom. The maximum absolute atomic E-state index is 5.87. The van der Waals surface area contributed by atoms with Gasteiger partial charge < -0.3 is 15.4 Å². The number of benzene rings is 4. The Labute approximate surface area is 186 Å². The van der Waals surface area contributed by atoms with E-state index in [0.29, 0.717) is 12.6 Å². The molecule has 0 bridgehead atoms. The van der Waals surface area contributed by atoms with E-state index in [1.165, 1.54) is 0 Å². The van der Waals surface area contributed by atoms with E-state index in [0.717, 1.165) is 39.4 Å². The lowest BCUT2D eigenvalue weighted by Crippen LogP contribution is -2.02. The molecule has 0 saturated heterocycles. The van der Waals surface area contributed by atoms with Crippen molar-refractivity contribution in [3.8, 4) is 5.75 Å². The summed E-state index contributed by atoms with van der Waals surface area (Å²) in [6.07, 6.45) is 0. The van der Waals surface area contributed by atoms with Crippen molar-refractivity contribution < 1.29 is 4.74 Å². The van der Waals surface area contributed by atoms with Gasteiger partial charge >= 0.3 is 0 Å². The van der Waals surface area contributed by atoms with Crippen molar-refractivity contribution in [2.75, 3.05) is 10.6 Å². The van der Waals surface area contributed by atoms with Crippen LogP contribution in [0.15, 0.2) is 109 Å². The standard InChI is InChI=1S/C27H22N4O/c1-3-9-20(10-4-1)19-32-23-17-15-22(16-18-23)29-27-30-25-14-8-7-13-24(25)26(31-27)28-21-11-5-2-6-12-21/h1-18H,19H2,(H2,28,29,30,31). The fraction of sp³-hybridized carbons (Fsp3) is 0.0370. The van der Waals surface area contributed by atoms with Crippen molar-refractivity contribution in [2.45, 2.75) is 6.61 Å². The summed E-state index contributed by atoms with van der Waals surface area (Å²) < 4.78 is 5.87. The van der Waals surface area contributed by atoms with Crippen molar-refractivity contribution >= 4 is 34.0 Å². The predicted molar refractivity (Wildman–Crippen MR) is 130 cm³/mol. The molecule has 32 heavy (non-hydrogen) atoms. The summed E-state index contributed by atoms with van der Waals surface area (Å²) in [6, 6.07) is 35.9. The fourth-order valence-corrected chi connectivity index (χ4v) is 3.39. The lowest BCUT2D eigenvalue weighted by atomic mass is 10.2. The third-order valence-corrected chi connectivity index (χ3v) is 5.00. The highest BCUT2D eigenvalue weighted by atomic mass is 16.5. The smallest absolute Gasteiger partial charge is 0.229 e. The molecule has 4 aromatic carbocycles. The molecule has 0 aliphatic rings. The van der Waals surface area contributed by atoms with E-state index in [2.05, 4.69) is 15.6 Å². The quantitative estimate of drug-likeness (QED) is 0.308. The van der Waals surface area contributed by atoms with Gasteiger partial charge in [-0.15, -0.1) is 0 Å². The van der Waals surface area contributed by atoms with Crippen LogP contribution in [-0.4, -0.2) is 9.97 Å². The lowest BCUT2D eigenvalue weighted by molar-refractivity contribution is 0.306. The van der Waals surface area contributed by atoms with Crippen LogP contribution in [0.3, 0.4) is 0 Å². The molecule has 5 rings (SSSR count). The molecule has 2 N–H and O–H groups in total. The summed E-state index contributed by atoms with van der Waals surface area (Å²) in [6.45, 7) is 0.538. The molecule has 5 aromatic rings. The summed E-state index contributed by atoms with van der Waals surface area (Å²) in [5.74, 6) is 2.09. The zero-order chi connectivity index (χ0) is 21.6. The van der Waals surface area contributed by atoms with Crippen LogP contribution in [0.4, 0.5) is 23.1 Å². The highest BCUT2D eigenvalue weighted by molar-refractivity contribution is 5.92. The van der Waals surface area contributed by atoms with Crippen molar-refractivity contribution in [1.82, 2.24) is 9.97 Å². The Morgan fingerprint density at radius 3 is 2.03 bits per heavy atom. The minimum Gasteiger partial charge on any atom is -0.489 e. The molecule has 0 fully saturated rings. The second-order valence-corrected chi connectivity index (χ2v) is 7.33. The maximum atomic E-state index is 5.87. The largest absolute Gasteiger partial charge is 0.489 e. The van der Waals surface area contributed by atoms with Crippen LogP contribution in [0.5, 0.6) is 5.75 Å². The first-order valence-electron chi connectivity index (χ1n) is 10.5. The number of anilines is 4. The van der Waals surface area contributed by atoms with E-state index in [4.69, 9.17) is 9.72 Å². The SMILES string of the molecule is c1ccc(COc2ccc(Nc3nc(Nc4ccccc4)c4ccccc4n3)cc2)cc1. The van der Waals surface area contributed by atoms with Gasteiger partial charge in [-0.05, 0) is 54.1 Å². The van der Waals surface area contributed by atoms with Crippen LogP contribution in [0, 0.1) is 0 Å². The maximum Gasteiger partial charge on any atom is 0.229 e. The third-order valence-electron chi connectivity index (χ3n) is 5.00. The van der Waals surface area contributed by atoms with Gasteiger partial charge in [0.05, 0.1) is 5.52 Å². The fourth-order valence-electron chi connectivity index (χ4n) is 3.39. The first kappa shape index (κ1) is 19.6. The number of aromatic nitrogens is 2. The molecule has 0 saturated carbocycles. The molecule has 0 amide bonds. The van der Waals surface area contributed by atoms with Crippen molar-refractivity contribution in [3.05, 3.63) is 115 Å². The van der Waals surface area contributed by atoms with Gasteiger partial charge in [0, 0.05) is 16.8 Å². The summed E-state index contributed by atoms with van der Waals surface area (Å²) >= 11 is 0. The predicted octanol–water partition coefficient (Wildman–Crippen LogP) is 6.70. The Hall–Kier alpha value is -4.38. The molecule has 1 heterocycles. The highest BCUT2D eigenvalue weighted by Crippen LogP contribution is 2.27. The minimum atomic E-state index is 0.528. The molecule has 5 nitrogen and oxygen atoms in total. The number of rotatable bonds is 7. The third kappa shape index (κ3) is 4.68. The van der Waals surface area contributed by atoms with Gasteiger partial charge in [0.25, 0.3) is 0 Å². The molecule has 0 spiro atoms. The number of hydrogen-bond acceptors (Lipinski definition) is 5. The van der Waals surface area contributed by atoms with Crippen LogP contribution < -0.4 is 15.4 Å². The molecule has 1 aromatic heterocycles. The van der Waals surface area contributed by atoms with Gasteiger partial charge in [-0.2, -0.15) is 4.98 Å². The number of fused-ring (bicyclic) bond motifs is 1. The molecule has 0 aliphatic carbocycles. The molecule has 0 radical (unpaired) electrons. The van der Waals surface area contributed by atoms with Crippen molar-refractivity contribution in [1.29, 1.82) is 0 Å². The normalized spacial score (nSPS) is 10.6. The number of hydrogen-bond donors (Lipinski definition) is 2. The van der Waals surface area contributed by atoms with Crippen LogP contribution >= 0.6 is 0 Å². The topological polar surface area (TPSA) is 59.1 Å². The van der Waals surface area contributed by atoms with E-state index < -0.39 is 0 Å². The first-order valence-corrected chi connectivity index (χ1v) is 10.5. The van der Waals surface area contributed by atoms with E-state index in [9.17, 15) is 0 Å². The van der Waals surface area contributed by atoms with Crippen molar-refractivity contribution in [2.24, 2.45) is 0 Å². The number of nitrogens with one attached hydrogen (secondary N) is 2. The zero-order valence-electron chi connectivity index (χ0n) is 17.4. The van der Waals surface area contributed by atoms with E-state index >= 15 is 0 Å². The molecule has 156 valence electrons. The number of ether oxygens (including phenoxy) is 1. The monoisotopic (exact) mass is 418 g/mol. The highest BCUT2D eigenvalue weighted by Gasteiger charge is 2.08. The van der Waals surface area contributed by atoms with E-state index in [1.54, 1.807) is 0 Å². The second kappa shape index (κ2) is 9.18. The molecule has 5 heteroatoms. The average molecular weight is 419 g/mol. The molecule has 0 aliphatic heterocycles. The molecular weight excluding hydrogens is 396 g/mol. The number of para-hydroxylation sites is 2. The summed E-state index contributed by atoms with van der Waals surface area (Å²) in [4.78, 5) is 9.40. The van der Waals surface area contributed by atoms with Gasteiger partial charge in [-0.1, -0.05) is 60.7 Å². The van der Waals surface area contributed by atoms with E-state index in [-0.39, 0.29) is 0 Å². The Morgan fingerprint density at radius 1 is 0.594 bits per heavy atom. The molecule has 0 atom stereocenters. The Kier molecular flexibility index (Phi) is 5.62. The van der Waals surface area contributed by atoms with Gasteiger partial charge in [-0.3, -0.25) is 0 Å². The molecular formula is C27H22N4O. The zero-order valence-corrected chi connectivity index (χ0v) is 17.4. The second-order valence-electron chi connectivity index (χ2n) is 7.33.